The van der Waals surface area contributed by atoms with E-state index in [1.54, 1.807) is 6.07 Å². The molecule has 0 N–H and O–H groups in total. The first kappa shape index (κ1) is 11.9. The van der Waals surface area contributed by atoms with E-state index >= 15 is 0 Å². The summed E-state index contributed by atoms with van der Waals surface area (Å²) in [6, 6.07) is 2.98. The third kappa shape index (κ3) is 2.42. The number of rotatable bonds is 2. The van der Waals surface area contributed by atoms with Gasteiger partial charge in [0.25, 0.3) is 5.69 Å². The van der Waals surface area contributed by atoms with Crippen LogP contribution in [0, 0.1) is 10.1 Å². The monoisotopic (exact) mass is 313 g/mol. The molecule has 0 unspecified atom stereocenters. The second-order valence-electron chi connectivity index (χ2n) is 3.13. The maximum absolute atomic E-state index is 10.9. The molecule has 7 heteroatoms. The van der Waals surface area contributed by atoms with E-state index in [9.17, 15) is 10.1 Å². The van der Waals surface area contributed by atoms with Gasteiger partial charge in [-0.3, -0.25) is 15.1 Å². The Labute approximate surface area is 110 Å². The Morgan fingerprint density at radius 2 is 2.18 bits per heavy atom. The number of pyridine rings is 2. The molecule has 0 spiro atoms. The number of aromatic nitrogens is 2. The van der Waals surface area contributed by atoms with E-state index in [0.29, 0.717) is 15.1 Å². The molecule has 2 heterocycles. The summed E-state index contributed by atoms with van der Waals surface area (Å²) in [6.07, 6.45) is 4.41. The van der Waals surface area contributed by atoms with Gasteiger partial charge in [0, 0.05) is 34.7 Å². The first-order valence-corrected chi connectivity index (χ1v) is 5.66. The molecular formula is C10H5BrClN3O2. The SMILES string of the molecule is O=[N+]([O-])c1cc(Br)cnc1-c1ccncc1Cl. The number of hydrogen-bond acceptors (Lipinski definition) is 4. The number of nitrogens with zero attached hydrogens (tertiary/aromatic N) is 3. The Kier molecular flexibility index (Phi) is 3.35. The third-order valence-corrected chi connectivity index (χ3v) is 2.79. The van der Waals surface area contributed by atoms with E-state index in [0.717, 1.165) is 0 Å². The highest BCUT2D eigenvalue weighted by Crippen LogP contribution is 2.33. The van der Waals surface area contributed by atoms with Crippen molar-refractivity contribution >= 4 is 33.2 Å². The molecule has 86 valence electrons. The van der Waals surface area contributed by atoms with Gasteiger partial charge >= 0.3 is 0 Å². The summed E-state index contributed by atoms with van der Waals surface area (Å²) in [6.45, 7) is 0. The second-order valence-corrected chi connectivity index (χ2v) is 4.46. The van der Waals surface area contributed by atoms with Crippen molar-refractivity contribution < 1.29 is 4.92 Å². The van der Waals surface area contributed by atoms with Crippen LogP contribution < -0.4 is 0 Å². The zero-order chi connectivity index (χ0) is 12.4. The van der Waals surface area contributed by atoms with Gasteiger partial charge in [0.05, 0.1) is 9.95 Å². The Bertz CT molecular complexity index is 592. The average molecular weight is 315 g/mol. The zero-order valence-electron chi connectivity index (χ0n) is 8.30. The summed E-state index contributed by atoms with van der Waals surface area (Å²) in [5, 5.41) is 11.3. The molecule has 0 saturated heterocycles. The smallest absolute Gasteiger partial charge is 0.263 e. The molecule has 2 rings (SSSR count). The summed E-state index contributed by atoms with van der Waals surface area (Å²) < 4.78 is 0.540. The number of nitro groups is 1. The first-order valence-electron chi connectivity index (χ1n) is 4.49. The molecule has 2 aromatic heterocycles. The highest BCUT2D eigenvalue weighted by Gasteiger charge is 2.19. The quantitative estimate of drug-likeness (QED) is 0.628. The Morgan fingerprint density at radius 3 is 2.82 bits per heavy atom. The Morgan fingerprint density at radius 1 is 1.41 bits per heavy atom. The molecule has 17 heavy (non-hydrogen) atoms. The second kappa shape index (κ2) is 4.77. The van der Waals surface area contributed by atoms with Gasteiger partial charge in [0.1, 0.15) is 5.69 Å². The lowest BCUT2D eigenvalue weighted by atomic mass is 10.1. The molecule has 0 amide bonds. The van der Waals surface area contributed by atoms with E-state index < -0.39 is 4.92 Å². The van der Waals surface area contributed by atoms with Gasteiger partial charge in [-0.2, -0.15) is 0 Å². The first-order chi connectivity index (χ1) is 8.09. The normalized spacial score (nSPS) is 10.2. The van der Waals surface area contributed by atoms with Crippen LogP contribution in [-0.2, 0) is 0 Å². The Balaban J connectivity index is 2.68. The lowest BCUT2D eigenvalue weighted by Crippen LogP contribution is -1.95. The highest BCUT2D eigenvalue weighted by molar-refractivity contribution is 9.10. The molecule has 0 aliphatic heterocycles. The lowest BCUT2D eigenvalue weighted by Gasteiger charge is -2.04. The molecule has 0 atom stereocenters. The third-order valence-electron chi connectivity index (χ3n) is 2.06. The minimum absolute atomic E-state index is 0.104. The van der Waals surface area contributed by atoms with Crippen molar-refractivity contribution in [3.05, 3.63) is 50.3 Å². The summed E-state index contributed by atoms with van der Waals surface area (Å²) in [5.74, 6) is 0. The van der Waals surface area contributed by atoms with E-state index in [1.807, 2.05) is 0 Å². The van der Waals surface area contributed by atoms with Crippen molar-refractivity contribution in [3.8, 4) is 11.3 Å². The molecule has 0 aliphatic rings. The predicted octanol–water partition coefficient (Wildman–Crippen LogP) is 3.47. The van der Waals surface area contributed by atoms with Gasteiger partial charge in [-0.05, 0) is 22.0 Å². The van der Waals surface area contributed by atoms with E-state index in [4.69, 9.17) is 11.6 Å². The molecular weight excluding hydrogens is 309 g/mol. The minimum atomic E-state index is -0.496. The highest BCUT2D eigenvalue weighted by atomic mass is 79.9. The van der Waals surface area contributed by atoms with Gasteiger partial charge in [-0.1, -0.05) is 11.6 Å². The van der Waals surface area contributed by atoms with E-state index in [-0.39, 0.29) is 11.4 Å². The van der Waals surface area contributed by atoms with Crippen LogP contribution in [0.3, 0.4) is 0 Å². The van der Waals surface area contributed by atoms with Crippen molar-refractivity contribution in [2.24, 2.45) is 0 Å². The van der Waals surface area contributed by atoms with Crippen LogP contribution in [0.1, 0.15) is 0 Å². The van der Waals surface area contributed by atoms with Crippen molar-refractivity contribution in [1.29, 1.82) is 0 Å². The molecule has 0 aliphatic carbocycles. The fourth-order valence-corrected chi connectivity index (χ4v) is 1.87. The lowest BCUT2D eigenvalue weighted by molar-refractivity contribution is -0.384. The van der Waals surface area contributed by atoms with E-state index in [2.05, 4.69) is 25.9 Å². The van der Waals surface area contributed by atoms with Gasteiger partial charge in [-0.25, -0.2) is 4.98 Å². The molecule has 0 saturated carbocycles. The van der Waals surface area contributed by atoms with Crippen LogP contribution in [0.2, 0.25) is 5.02 Å². The fraction of sp³-hybridized carbons (Fsp3) is 0. The standard InChI is InChI=1S/C10H5BrClN3O2/c11-6-3-9(15(16)17)10(14-4-6)7-1-2-13-5-8(7)12/h1-5H. The van der Waals surface area contributed by atoms with Gasteiger partial charge < -0.3 is 0 Å². The zero-order valence-corrected chi connectivity index (χ0v) is 10.6. The number of hydrogen-bond donors (Lipinski definition) is 0. The molecule has 0 radical (unpaired) electrons. The molecule has 5 nitrogen and oxygen atoms in total. The van der Waals surface area contributed by atoms with E-state index in [1.165, 1.54) is 24.7 Å². The fourth-order valence-electron chi connectivity index (χ4n) is 1.34. The van der Waals surface area contributed by atoms with Crippen LogP contribution in [0.4, 0.5) is 5.69 Å². The Hall–Kier alpha value is -1.53. The summed E-state index contributed by atoms with van der Waals surface area (Å²) >= 11 is 9.08. The summed E-state index contributed by atoms with van der Waals surface area (Å²) in [4.78, 5) is 18.3. The molecule has 0 aromatic carbocycles. The van der Waals surface area contributed by atoms with Crippen LogP contribution in [-0.4, -0.2) is 14.9 Å². The summed E-state index contributed by atoms with van der Waals surface area (Å²) in [7, 11) is 0. The topological polar surface area (TPSA) is 68.9 Å². The average Bonchev–Trinajstić information content (AvgIpc) is 2.30. The minimum Gasteiger partial charge on any atom is -0.263 e. The van der Waals surface area contributed by atoms with Crippen LogP contribution in [0.5, 0.6) is 0 Å². The number of halogens is 2. The van der Waals surface area contributed by atoms with Crippen LogP contribution in [0.25, 0.3) is 11.3 Å². The molecule has 2 aromatic rings. The van der Waals surface area contributed by atoms with Crippen LogP contribution in [0.15, 0.2) is 35.2 Å². The van der Waals surface area contributed by atoms with Gasteiger partial charge in [0.15, 0.2) is 0 Å². The van der Waals surface area contributed by atoms with Gasteiger partial charge in [-0.15, -0.1) is 0 Å². The van der Waals surface area contributed by atoms with Crippen molar-refractivity contribution in [2.75, 3.05) is 0 Å². The largest absolute Gasteiger partial charge is 0.296 e. The maximum Gasteiger partial charge on any atom is 0.296 e. The van der Waals surface area contributed by atoms with Gasteiger partial charge in [0.2, 0.25) is 0 Å². The predicted molar refractivity (Wildman–Crippen MR) is 66.8 cm³/mol. The summed E-state index contributed by atoms with van der Waals surface area (Å²) in [5.41, 5.74) is 0.610. The molecule has 0 bridgehead atoms. The van der Waals surface area contributed by atoms with Crippen molar-refractivity contribution in [3.63, 3.8) is 0 Å². The molecule has 0 fully saturated rings. The maximum atomic E-state index is 10.9. The van der Waals surface area contributed by atoms with Crippen molar-refractivity contribution in [2.45, 2.75) is 0 Å². The van der Waals surface area contributed by atoms with Crippen molar-refractivity contribution in [1.82, 2.24) is 9.97 Å². The van der Waals surface area contributed by atoms with Crippen LogP contribution >= 0.6 is 27.5 Å².